The van der Waals surface area contributed by atoms with Gasteiger partial charge in [0.05, 0.1) is 18.8 Å². The molecule has 2 bridgehead atoms. The molecule has 0 aromatic rings. The fourth-order valence-electron chi connectivity index (χ4n) is 2.85. The van der Waals surface area contributed by atoms with Crippen molar-refractivity contribution in [3.05, 3.63) is 36.5 Å². The van der Waals surface area contributed by atoms with Crippen LogP contribution in [0.4, 0.5) is 0 Å². The smallest absolute Gasteiger partial charge is 0.330 e. The highest BCUT2D eigenvalue weighted by molar-refractivity contribution is 5.81. The SMILES string of the molecule is O=C1/C=C/CC2C=CCC(CCCCCC/C=C/CCO1)O2. The molecule has 122 valence electrons. The van der Waals surface area contributed by atoms with Crippen LogP contribution in [0.3, 0.4) is 0 Å². The lowest BCUT2D eigenvalue weighted by molar-refractivity contribution is -0.137. The van der Waals surface area contributed by atoms with Crippen LogP contribution in [0, 0.1) is 0 Å². The van der Waals surface area contributed by atoms with Gasteiger partial charge in [-0.05, 0) is 38.5 Å². The molecule has 2 unspecified atom stereocenters. The Morgan fingerprint density at radius 1 is 0.909 bits per heavy atom. The van der Waals surface area contributed by atoms with Gasteiger partial charge in [-0.15, -0.1) is 0 Å². The average molecular weight is 304 g/mol. The largest absolute Gasteiger partial charge is 0.462 e. The van der Waals surface area contributed by atoms with E-state index >= 15 is 0 Å². The Kier molecular flexibility index (Phi) is 8.03. The summed E-state index contributed by atoms with van der Waals surface area (Å²) in [6.45, 7) is 0.460. The molecule has 3 heteroatoms. The van der Waals surface area contributed by atoms with Crippen molar-refractivity contribution in [3.8, 4) is 0 Å². The Labute approximate surface area is 134 Å². The topological polar surface area (TPSA) is 35.5 Å². The maximum Gasteiger partial charge on any atom is 0.330 e. The molecule has 3 nitrogen and oxygen atoms in total. The lowest BCUT2D eigenvalue weighted by atomic mass is 10.0. The molecule has 0 radical (unpaired) electrons. The van der Waals surface area contributed by atoms with Gasteiger partial charge >= 0.3 is 5.97 Å². The van der Waals surface area contributed by atoms with Crippen molar-refractivity contribution < 1.29 is 14.3 Å². The van der Waals surface area contributed by atoms with Gasteiger partial charge in [0, 0.05) is 6.08 Å². The van der Waals surface area contributed by atoms with E-state index in [4.69, 9.17) is 9.47 Å². The van der Waals surface area contributed by atoms with Gasteiger partial charge in [-0.3, -0.25) is 0 Å². The summed E-state index contributed by atoms with van der Waals surface area (Å²) in [5, 5.41) is 0. The highest BCUT2D eigenvalue weighted by Crippen LogP contribution is 2.20. The van der Waals surface area contributed by atoms with Crippen LogP contribution in [0.25, 0.3) is 0 Å². The molecule has 2 rings (SSSR count). The number of cyclic esters (lactones) is 1. The average Bonchev–Trinajstić information content (AvgIpc) is 2.52. The molecule has 22 heavy (non-hydrogen) atoms. The monoisotopic (exact) mass is 304 g/mol. The second-order valence-electron chi connectivity index (χ2n) is 6.02. The molecule has 0 saturated carbocycles. The molecular formula is C19H28O3. The minimum atomic E-state index is -0.258. The highest BCUT2D eigenvalue weighted by Gasteiger charge is 2.16. The van der Waals surface area contributed by atoms with E-state index in [9.17, 15) is 4.79 Å². The van der Waals surface area contributed by atoms with Crippen LogP contribution < -0.4 is 0 Å². The predicted molar refractivity (Wildman–Crippen MR) is 88.6 cm³/mol. The summed E-state index contributed by atoms with van der Waals surface area (Å²) in [5.41, 5.74) is 0. The fourth-order valence-corrected chi connectivity index (χ4v) is 2.85. The van der Waals surface area contributed by atoms with Crippen molar-refractivity contribution in [1.82, 2.24) is 0 Å². The van der Waals surface area contributed by atoms with E-state index < -0.39 is 0 Å². The first kappa shape index (κ1) is 17.0. The summed E-state index contributed by atoms with van der Waals surface area (Å²) in [6.07, 6.45) is 22.4. The number of hydrogen-bond donors (Lipinski definition) is 0. The third kappa shape index (κ3) is 7.08. The Morgan fingerprint density at radius 3 is 2.73 bits per heavy atom. The number of hydrogen-bond acceptors (Lipinski definition) is 3. The van der Waals surface area contributed by atoms with Gasteiger partial charge in [-0.1, -0.05) is 49.6 Å². The lowest BCUT2D eigenvalue weighted by Crippen LogP contribution is -2.23. The van der Waals surface area contributed by atoms with Gasteiger partial charge < -0.3 is 9.47 Å². The number of rotatable bonds is 0. The first-order valence-corrected chi connectivity index (χ1v) is 8.65. The standard InChI is InChI=1S/C19H28O3/c20-19-15-10-14-18-13-9-12-17(22-18)11-7-5-3-1-2-4-6-8-16-21-19/h4,6,9-10,13,15,17-18H,1-3,5,7-8,11-12,14,16H2/b6-4+,15-10+. The van der Waals surface area contributed by atoms with Crippen molar-refractivity contribution in [2.24, 2.45) is 0 Å². The Bertz CT molecular complexity index is 409. The van der Waals surface area contributed by atoms with Crippen molar-refractivity contribution in [2.75, 3.05) is 6.61 Å². The zero-order valence-electron chi connectivity index (χ0n) is 13.4. The van der Waals surface area contributed by atoms with E-state index in [1.54, 1.807) is 0 Å². The molecule has 0 aliphatic carbocycles. The van der Waals surface area contributed by atoms with Crippen LogP contribution in [0.1, 0.15) is 57.8 Å². The molecule has 0 aromatic heterocycles. The number of allylic oxidation sites excluding steroid dienone is 1. The zero-order valence-corrected chi connectivity index (χ0v) is 13.4. The second kappa shape index (κ2) is 10.4. The molecule has 2 aliphatic heterocycles. The van der Waals surface area contributed by atoms with Crippen molar-refractivity contribution in [3.63, 3.8) is 0 Å². The van der Waals surface area contributed by atoms with Crippen molar-refractivity contribution in [2.45, 2.75) is 70.0 Å². The minimum absolute atomic E-state index is 0.101. The summed E-state index contributed by atoms with van der Waals surface area (Å²) < 4.78 is 11.2. The van der Waals surface area contributed by atoms with E-state index in [-0.39, 0.29) is 12.1 Å². The van der Waals surface area contributed by atoms with E-state index in [1.807, 2.05) is 6.08 Å². The molecule has 0 N–H and O–H groups in total. The molecule has 0 saturated heterocycles. The molecular weight excluding hydrogens is 276 g/mol. The van der Waals surface area contributed by atoms with E-state index in [0.29, 0.717) is 12.7 Å². The van der Waals surface area contributed by atoms with Crippen molar-refractivity contribution >= 4 is 5.97 Å². The highest BCUT2D eigenvalue weighted by atomic mass is 16.5. The molecule has 0 fully saturated rings. The van der Waals surface area contributed by atoms with Crippen molar-refractivity contribution in [1.29, 1.82) is 0 Å². The quantitative estimate of drug-likeness (QED) is 0.488. The molecule has 0 amide bonds. The number of ether oxygens (including phenoxy) is 2. The van der Waals surface area contributed by atoms with E-state index in [1.165, 1.54) is 31.8 Å². The first-order chi connectivity index (χ1) is 10.8. The van der Waals surface area contributed by atoms with Gasteiger partial charge in [0.25, 0.3) is 0 Å². The number of carbonyl (C=O) groups is 1. The maximum absolute atomic E-state index is 11.6. The Balaban J connectivity index is 1.84. The fraction of sp³-hybridized carbons (Fsp3) is 0.632. The zero-order chi connectivity index (χ0) is 15.5. The van der Waals surface area contributed by atoms with Crippen LogP contribution in [-0.4, -0.2) is 24.8 Å². The third-order valence-electron chi connectivity index (χ3n) is 4.08. The Hall–Kier alpha value is -1.35. The van der Waals surface area contributed by atoms with Crippen LogP contribution in [0.15, 0.2) is 36.5 Å². The van der Waals surface area contributed by atoms with E-state index in [0.717, 1.165) is 32.1 Å². The molecule has 0 spiro atoms. The number of esters is 1. The van der Waals surface area contributed by atoms with Gasteiger partial charge in [-0.25, -0.2) is 4.79 Å². The Morgan fingerprint density at radius 2 is 1.77 bits per heavy atom. The van der Waals surface area contributed by atoms with Crippen LogP contribution in [0.2, 0.25) is 0 Å². The second-order valence-corrected chi connectivity index (χ2v) is 6.02. The third-order valence-corrected chi connectivity index (χ3v) is 4.08. The molecule has 0 aromatic carbocycles. The minimum Gasteiger partial charge on any atom is -0.462 e. The number of carbonyl (C=O) groups excluding carboxylic acids is 1. The summed E-state index contributed by atoms with van der Waals surface area (Å²) in [4.78, 5) is 11.6. The maximum atomic E-state index is 11.6. The summed E-state index contributed by atoms with van der Waals surface area (Å²) in [5.74, 6) is -0.258. The molecule has 2 heterocycles. The molecule has 2 aliphatic rings. The van der Waals surface area contributed by atoms with Gasteiger partial charge in [0.15, 0.2) is 0 Å². The van der Waals surface area contributed by atoms with Crippen LogP contribution in [-0.2, 0) is 14.3 Å². The van der Waals surface area contributed by atoms with Gasteiger partial charge in [0.1, 0.15) is 0 Å². The normalized spacial score (nSPS) is 31.5. The van der Waals surface area contributed by atoms with Gasteiger partial charge in [-0.2, -0.15) is 0 Å². The summed E-state index contributed by atoms with van der Waals surface area (Å²) in [7, 11) is 0. The lowest BCUT2D eigenvalue weighted by Gasteiger charge is -2.25. The summed E-state index contributed by atoms with van der Waals surface area (Å²) >= 11 is 0. The molecule has 2 atom stereocenters. The summed E-state index contributed by atoms with van der Waals surface area (Å²) in [6, 6.07) is 0. The number of fused-ring (bicyclic) bond motifs is 2. The first-order valence-electron chi connectivity index (χ1n) is 8.65. The predicted octanol–water partition coefficient (Wildman–Crippen LogP) is 4.49. The van der Waals surface area contributed by atoms with Crippen LogP contribution >= 0.6 is 0 Å². The van der Waals surface area contributed by atoms with Crippen LogP contribution in [0.5, 0.6) is 0 Å². The van der Waals surface area contributed by atoms with E-state index in [2.05, 4.69) is 24.3 Å². The van der Waals surface area contributed by atoms with Gasteiger partial charge in [0.2, 0.25) is 0 Å².